The van der Waals surface area contributed by atoms with E-state index in [1.165, 1.54) is 5.56 Å². The van der Waals surface area contributed by atoms with Gasteiger partial charge in [0.25, 0.3) is 0 Å². The monoisotopic (exact) mass is 232 g/mol. The van der Waals surface area contributed by atoms with E-state index in [4.69, 9.17) is 4.74 Å². The van der Waals surface area contributed by atoms with Crippen molar-refractivity contribution in [3.05, 3.63) is 29.8 Å². The molecule has 0 fully saturated rings. The van der Waals surface area contributed by atoms with Gasteiger partial charge in [0.05, 0.1) is 13.2 Å². The third-order valence-electron chi connectivity index (χ3n) is 3.26. The highest BCUT2D eigenvalue weighted by atomic mass is 16.5. The molecular weight excluding hydrogens is 212 g/mol. The lowest BCUT2D eigenvalue weighted by Crippen LogP contribution is -2.40. The summed E-state index contributed by atoms with van der Waals surface area (Å²) in [5, 5.41) is 9.22. The van der Waals surface area contributed by atoms with Crippen molar-refractivity contribution < 1.29 is 4.74 Å². The highest BCUT2D eigenvalue weighted by Gasteiger charge is 2.25. The number of nitriles is 1. The quantitative estimate of drug-likeness (QED) is 0.782. The van der Waals surface area contributed by atoms with Crippen LogP contribution < -0.4 is 4.74 Å². The fourth-order valence-corrected chi connectivity index (χ4v) is 1.60. The molecule has 0 amide bonds. The lowest BCUT2D eigenvalue weighted by Gasteiger charge is -2.29. The Morgan fingerprint density at radius 3 is 2.65 bits per heavy atom. The molecule has 1 aromatic rings. The van der Waals surface area contributed by atoms with Crippen LogP contribution in [0.4, 0.5) is 0 Å². The van der Waals surface area contributed by atoms with Crippen LogP contribution >= 0.6 is 0 Å². The van der Waals surface area contributed by atoms with Crippen molar-refractivity contribution in [2.75, 3.05) is 21.2 Å². The second-order valence-corrected chi connectivity index (χ2v) is 4.63. The number of nitrogens with zero attached hydrogens (tertiary/aromatic N) is 2. The Morgan fingerprint density at radius 1 is 1.41 bits per heavy atom. The summed E-state index contributed by atoms with van der Waals surface area (Å²) in [5.41, 5.74) is 0.788. The predicted octanol–water partition coefficient (Wildman–Crippen LogP) is 2.47. The molecule has 1 atom stereocenters. The van der Waals surface area contributed by atoms with Gasteiger partial charge in [0.1, 0.15) is 11.3 Å². The van der Waals surface area contributed by atoms with Gasteiger partial charge in [-0.15, -0.1) is 0 Å². The molecule has 0 aliphatic heterocycles. The summed E-state index contributed by atoms with van der Waals surface area (Å²) in [6.45, 7) is 1.97. The fourth-order valence-electron chi connectivity index (χ4n) is 1.60. The molecule has 3 nitrogen and oxygen atoms in total. The second-order valence-electron chi connectivity index (χ2n) is 4.63. The summed E-state index contributed by atoms with van der Waals surface area (Å²) in [4.78, 5) is 1.97. The minimum Gasteiger partial charge on any atom is -0.497 e. The average molecular weight is 232 g/mol. The molecule has 0 bridgehead atoms. The van der Waals surface area contributed by atoms with Gasteiger partial charge in [-0.3, -0.25) is 4.90 Å². The van der Waals surface area contributed by atoms with Crippen LogP contribution in [-0.2, 0) is 6.42 Å². The van der Waals surface area contributed by atoms with E-state index in [2.05, 4.69) is 12.1 Å². The van der Waals surface area contributed by atoms with Crippen LogP contribution in [-0.4, -0.2) is 31.6 Å². The van der Waals surface area contributed by atoms with Crippen molar-refractivity contribution in [3.8, 4) is 11.8 Å². The van der Waals surface area contributed by atoms with Gasteiger partial charge in [0, 0.05) is 0 Å². The zero-order chi connectivity index (χ0) is 12.9. The van der Waals surface area contributed by atoms with Crippen LogP contribution in [0.2, 0.25) is 0 Å². The Kier molecular flexibility index (Phi) is 4.53. The van der Waals surface area contributed by atoms with Gasteiger partial charge < -0.3 is 4.74 Å². The highest BCUT2D eigenvalue weighted by Crippen LogP contribution is 2.20. The Bertz CT molecular complexity index is 409. The molecule has 0 spiro atoms. The Labute approximate surface area is 104 Å². The van der Waals surface area contributed by atoms with Crippen molar-refractivity contribution in [1.29, 1.82) is 5.26 Å². The first kappa shape index (κ1) is 13.5. The topological polar surface area (TPSA) is 36.3 Å². The average Bonchev–Trinajstić information content (AvgIpc) is 2.36. The molecule has 0 saturated heterocycles. The van der Waals surface area contributed by atoms with E-state index in [0.717, 1.165) is 18.6 Å². The molecule has 0 aliphatic carbocycles. The van der Waals surface area contributed by atoms with Crippen LogP contribution in [0.5, 0.6) is 5.75 Å². The number of benzene rings is 1. The summed E-state index contributed by atoms with van der Waals surface area (Å²) in [5.74, 6) is 0.867. The first-order valence-corrected chi connectivity index (χ1v) is 5.73. The largest absolute Gasteiger partial charge is 0.497 e. The van der Waals surface area contributed by atoms with E-state index in [1.807, 2.05) is 44.1 Å². The predicted molar refractivity (Wildman–Crippen MR) is 69.0 cm³/mol. The molecule has 0 saturated carbocycles. The third-order valence-corrected chi connectivity index (χ3v) is 3.26. The smallest absolute Gasteiger partial charge is 0.119 e. The Morgan fingerprint density at radius 2 is 2.12 bits per heavy atom. The van der Waals surface area contributed by atoms with Gasteiger partial charge >= 0.3 is 0 Å². The van der Waals surface area contributed by atoms with Crippen LogP contribution in [0.25, 0.3) is 0 Å². The molecule has 0 radical (unpaired) electrons. The second kappa shape index (κ2) is 5.70. The standard InChI is InChI=1S/C14H20N2O/c1-14(11-15,16(2)3)9-8-12-6-5-7-13(10-12)17-4/h5-7,10H,8-9H2,1-4H3. The van der Waals surface area contributed by atoms with Crippen molar-refractivity contribution in [2.24, 2.45) is 0 Å². The van der Waals surface area contributed by atoms with Crippen molar-refractivity contribution >= 4 is 0 Å². The summed E-state index contributed by atoms with van der Waals surface area (Å²) < 4.78 is 5.19. The van der Waals surface area contributed by atoms with Gasteiger partial charge in [-0.2, -0.15) is 5.26 Å². The van der Waals surface area contributed by atoms with E-state index in [0.29, 0.717) is 0 Å². The number of hydrogen-bond donors (Lipinski definition) is 0. The zero-order valence-corrected chi connectivity index (χ0v) is 11.0. The van der Waals surface area contributed by atoms with E-state index >= 15 is 0 Å². The summed E-state index contributed by atoms with van der Waals surface area (Å²) in [6.07, 6.45) is 1.68. The van der Waals surface area contributed by atoms with Crippen molar-refractivity contribution in [1.82, 2.24) is 4.90 Å². The van der Waals surface area contributed by atoms with Crippen LogP contribution in [0.15, 0.2) is 24.3 Å². The number of methoxy groups -OCH3 is 1. The first-order chi connectivity index (χ1) is 8.01. The first-order valence-electron chi connectivity index (χ1n) is 5.73. The summed E-state index contributed by atoms with van der Waals surface area (Å²) >= 11 is 0. The molecule has 0 aliphatic rings. The van der Waals surface area contributed by atoms with Crippen LogP contribution in [0.1, 0.15) is 18.9 Å². The van der Waals surface area contributed by atoms with Crippen LogP contribution in [0, 0.1) is 11.3 Å². The zero-order valence-electron chi connectivity index (χ0n) is 11.0. The molecule has 0 N–H and O–H groups in total. The van der Waals surface area contributed by atoms with E-state index < -0.39 is 5.54 Å². The van der Waals surface area contributed by atoms with E-state index in [9.17, 15) is 5.26 Å². The Balaban J connectivity index is 2.70. The molecule has 1 unspecified atom stereocenters. The SMILES string of the molecule is COc1cccc(CCC(C)(C#N)N(C)C)c1. The van der Waals surface area contributed by atoms with Crippen molar-refractivity contribution in [2.45, 2.75) is 25.3 Å². The lowest BCUT2D eigenvalue weighted by atomic mass is 9.93. The van der Waals surface area contributed by atoms with E-state index in [-0.39, 0.29) is 0 Å². The lowest BCUT2D eigenvalue weighted by molar-refractivity contribution is 0.224. The van der Waals surface area contributed by atoms with Gasteiger partial charge in [0.2, 0.25) is 0 Å². The fraction of sp³-hybridized carbons (Fsp3) is 0.500. The van der Waals surface area contributed by atoms with Gasteiger partial charge in [0.15, 0.2) is 0 Å². The normalized spacial score (nSPS) is 14.1. The van der Waals surface area contributed by atoms with Gasteiger partial charge in [-0.1, -0.05) is 12.1 Å². The molecule has 0 heterocycles. The summed E-state index contributed by atoms with van der Waals surface area (Å²) in [7, 11) is 5.54. The number of rotatable bonds is 5. The number of hydrogen-bond acceptors (Lipinski definition) is 3. The van der Waals surface area contributed by atoms with E-state index in [1.54, 1.807) is 7.11 Å². The van der Waals surface area contributed by atoms with Crippen molar-refractivity contribution in [3.63, 3.8) is 0 Å². The number of aryl methyl sites for hydroxylation is 1. The minimum absolute atomic E-state index is 0.414. The maximum Gasteiger partial charge on any atom is 0.119 e. The minimum atomic E-state index is -0.414. The van der Waals surface area contributed by atoms with Gasteiger partial charge in [-0.05, 0) is 51.6 Å². The number of ether oxygens (including phenoxy) is 1. The molecule has 1 aromatic carbocycles. The molecule has 17 heavy (non-hydrogen) atoms. The molecule has 92 valence electrons. The molecule has 0 aromatic heterocycles. The Hall–Kier alpha value is -1.53. The van der Waals surface area contributed by atoms with Crippen LogP contribution in [0.3, 0.4) is 0 Å². The summed E-state index contributed by atoms with van der Waals surface area (Å²) in [6, 6.07) is 10.4. The molecular formula is C14H20N2O. The molecule has 1 rings (SSSR count). The van der Waals surface area contributed by atoms with Gasteiger partial charge in [-0.25, -0.2) is 0 Å². The molecule has 3 heteroatoms. The highest BCUT2D eigenvalue weighted by molar-refractivity contribution is 5.28. The maximum absolute atomic E-state index is 9.22. The maximum atomic E-state index is 9.22. The third kappa shape index (κ3) is 3.47.